The first-order valence-corrected chi connectivity index (χ1v) is 9.10. The van der Waals surface area contributed by atoms with E-state index in [4.69, 9.17) is 0 Å². The lowest BCUT2D eigenvalue weighted by atomic mass is 9.89. The van der Waals surface area contributed by atoms with Crippen LogP contribution in [0.2, 0.25) is 0 Å². The average molecular weight is 353 g/mol. The highest BCUT2D eigenvalue weighted by Gasteiger charge is 2.17. The second kappa shape index (κ2) is 8.92. The van der Waals surface area contributed by atoms with Crippen LogP contribution >= 0.6 is 15.9 Å². The van der Waals surface area contributed by atoms with Crippen LogP contribution in [-0.2, 0) is 0 Å². The Bertz CT molecular complexity index is 415. The Balaban J connectivity index is 1.81. The van der Waals surface area contributed by atoms with Gasteiger partial charge in [-0.05, 0) is 57.5 Å². The minimum Gasteiger partial charge on any atom is -0.313 e. The Morgan fingerprint density at radius 2 is 1.95 bits per heavy atom. The number of hydrogen-bond donors (Lipinski definition) is 1. The molecule has 1 atom stereocenters. The normalized spacial score (nSPS) is 18.1. The minimum absolute atomic E-state index is 0.425. The number of hydrogen-bond acceptors (Lipinski definition) is 2. The molecule has 0 aliphatic heterocycles. The van der Waals surface area contributed by atoms with E-state index in [9.17, 15) is 0 Å². The summed E-state index contributed by atoms with van der Waals surface area (Å²) in [6, 6.07) is 8.97. The van der Waals surface area contributed by atoms with Crippen molar-refractivity contribution in [2.24, 2.45) is 5.92 Å². The van der Waals surface area contributed by atoms with Crippen LogP contribution in [0.25, 0.3) is 0 Å². The first-order valence-electron chi connectivity index (χ1n) is 8.31. The van der Waals surface area contributed by atoms with Crippen molar-refractivity contribution in [2.45, 2.75) is 44.6 Å². The van der Waals surface area contributed by atoms with Gasteiger partial charge in [0.1, 0.15) is 0 Å². The third-order valence-corrected chi connectivity index (χ3v) is 5.45. The van der Waals surface area contributed by atoms with Crippen molar-refractivity contribution in [2.75, 3.05) is 27.2 Å². The summed E-state index contributed by atoms with van der Waals surface area (Å²) in [5, 5.41) is 3.46. The fourth-order valence-corrected chi connectivity index (χ4v) is 4.03. The molecule has 118 valence electrons. The average Bonchev–Trinajstić information content (AvgIpc) is 2.50. The van der Waals surface area contributed by atoms with Crippen LogP contribution in [-0.4, -0.2) is 32.1 Å². The summed E-state index contributed by atoms with van der Waals surface area (Å²) < 4.78 is 1.21. The molecular formula is C18H29BrN2. The molecule has 0 radical (unpaired) electrons. The van der Waals surface area contributed by atoms with E-state index in [0.29, 0.717) is 6.04 Å². The molecule has 1 aromatic carbocycles. The first kappa shape index (κ1) is 17.0. The van der Waals surface area contributed by atoms with Crippen molar-refractivity contribution in [3.8, 4) is 0 Å². The van der Waals surface area contributed by atoms with E-state index in [2.05, 4.69) is 64.5 Å². The number of benzene rings is 1. The molecule has 0 saturated heterocycles. The van der Waals surface area contributed by atoms with Gasteiger partial charge in [0, 0.05) is 17.1 Å². The molecule has 0 bridgehead atoms. The van der Waals surface area contributed by atoms with Gasteiger partial charge in [0.2, 0.25) is 0 Å². The van der Waals surface area contributed by atoms with Gasteiger partial charge in [-0.15, -0.1) is 0 Å². The smallest absolute Gasteiger partial charge is 0.0340 e. The zero-order valence-electron chi connectivity index (χ0n) is 13.4. The number of nitrogens with zero attached hydrogens (tertiary/aromatic N) is 1. The van der Waals surface area contributed by atoms with Gasteiger partial charge in [0.25, 0.3) is 0 Å². The van der Waals surface area contributed by atoms with Crippen molar-refractivity contribution in [3.63, 3.8) is 0 Å². The van der Waals surface area contributed by atoms with E-state index < -0.39 is 0 Å². The topological polar surface area (TPSA) is 15.3 Å². The van der Waals surface area contributed by atoms with Crippen molar-refractivity contribution >= 4 is 15.9 Å². The highest BCUT2D eigenvalue weighted by Crippen LogP contribution is 2.26. The molecule has 0 heterocycles. The maximum Gasteiger partial charge on any atom is 0.0340 e. The van der Waals surface area contributed by atoms with E-state index in [1.807, 2.05) is 0 Å². The largest absolute Gasteiger partial charge is 0.313 e. The van der Waals surface area contributed by atoms with Gasteiger partial charge in [0.15, 0.2) is 0 Å². The molecule has 1 saturated carbocycles. The predicted molar refractivity (Wildman–Crippen MR) is 94.6 cm³/mol. The molecule has 3 heteroatoms. The number of rotatable bonds is 7. The van der Waals surface area contributed by atoms with Crippen LogP contribution < -0.4 is 5.32 Å². The molecule has 1 aliphatic rings. The highest BCUT2D eigenvalue weighted by molar-refractivity contribution is 9.10. The molecule has 0 aromatic heterocycles. The van der Waals surface area contributed by atoms with Gasteiger partial charge < -0.3 is 10.2 Å². The third kappa shape index (κ3) is 5.39. The molecule has 2 nitrogen and oxygen atoms in total. The summed E-state index contributed by atoms with van der Waals surface area (Å²) >= 11 is 3.67. The number of halogens is 1. The second-order valence-electron chi connectivity index (χ2n) is 6.42. The van der Waals surface area contributed by atoms with Crippen molar-refractivity contribution in [1.29, 1.82) is 0 Å². The van der Waals surface area contributed by atoms with Gasteiger partial charge in [0.05, 0.1) is 0 Å². The molecule has 1 fully saturated rings. The predicted octanol–water partition coefficient (Wildman–Crippen LogP) is 4.61. The monoisotopic (exact) mass is 352 g/mol. The van der Waals surface area contributed by atoms with Crippen molar-refractivity contribution in [3.05, 3.63) is 34.3 Å². The zero-order valence-corrected chi connectivity index (χ0v) is 15.0. The van der Waals surface area contributed by atoms with Gasteiger partial charge in [-0.25, -0.2) is 0 Å². The Kier molecular flexibility index (Phi) is 7.21. The molecule has 1 unspecified atom stereocenters. The molecule has 1 N–H and O–H groups in total. The number of nitrogens with one attached hydrogen (secondary N) is 1. The highest BCUT2D eigenvalue weighted by atomic mass is 79.9. The maximum atomic E-state index is 3.67. The van der Waals surface area contributed by atoms with Crippen LogP contribution in [0.1, 0.15) is 50.1 Å². The van der Waals surface area contributed by atoms with Crippen LogP contribution in [0, 0.1) is 5.92 Å². The Morgan fingerprint density at radius 1 is 1.24 bits per heavy atom. The molecule has 1 aliphatic carbocycles. The Labute approximate surface area is 138 Å². The molecule has 1 aromatic rings. The molecule has 21 heavy (non-hydrogen) atoms. The zero-order chi connectivity index (χ0) is 15.1. The first-order chi connectivity index (χ1) is 10.2. The van der Waals surface area contributed by atoms with E-state index in [1.54, 1.807) is 0 Å². The lowest BCUT2D eigenvalue weighted by Gasteiger charge is -2.28. The molecular weight excluding hydrogens is 324 g/mol. The fraction of sp³-hybridized carbons (Fsp3) is 0.667. The molecule has 2 rings (SSSR count). The summed E-state index contributed by atoms with van der Waals surface area (Å²) in [4.78, 5) is 2.52. The quantitative estimate of drug-likeness (QED) is 0.770. The second-order valence-corrected chi connectivity index (χ2v) is 7.27. The fourth-order valence-electron chi connectivity index (χ4n) is 3.46. The van der Waals surface area contributed by atoms with Crippen LogP contribution in [0.15, 0.2) is 28.7 Å². The van der Waals surface area contributed by atoms with E-state index in [-0.39, 0.29) is 0 Å². The lowest BCUT2D eigenvalue weighted by Crippen LogP contribution is -2.30. The summed E-state index contributed by atoms with van der Waals surface area (Å²) in [5.74, 6) is 0.931. The van der Waals surface area contributed by atoms with Gasteiger partial charge >= 0.3 is 0 Å². The van der Waals surface area contributed by atoms with E-state index >= 15 is 0 Å². The Hall–Kier alpha value is -0.380. The van der Waals surface area contributed by atoms with Crippen LogP contribution in [0.3, 0.4) is 0 Å². The summed E-state index contributed by atoms with van der Waals surface area (Å²) in [6.07, 6.45) is 8.35. The maximum absolute atomic E-state index is 3.67. The Morgan fingerprint density at radius 3 is 2.62 bits per heavy atom. The molecule has 0 spiro atoms. The van der Waals surface area contributed by atoms with E-state index in [1.165, 1.54) is 48.7 Å². The van der Waals surface area contributed by atoms with Crippen molar-refractivity contribution in [1.82, 2.24) is 10.2 Å². The third-order valence-electron chi connectivity index (χ3n) is 4.72. The van der Waals surface area contributed by atoms with E-state index in [0.717, 1.165) is 18.9 Å². The standard InChI is InChI=1S/C18H29BrN2/c1-20-18(16-10-6-7-11-17(16)19)12-13-21(2)14-15-8-4-3-5-9-15/h6-7,10-11,15,18,20H,3-5,8-9,12-14H2,1-2H3. The minimum atomic E-state index is 0.425. The lowest BCUT2D eigenvalue weighted by molar-refractivity contribution is 0.225. The summed E-state index contributed by atoms with van der Waals surface area (Å²) in [7, 11) is 4.34. The van der Waals surface area contributed by atoms with Gasteiger partial charge in [-0.1, -0.05) is 53.4 Å². The SMILES string of the molecule is CNC(CCN(C)CC1CCCCC1)c1ccccc1Br. The molecule has 0 amide bonds. The van der Waals surface area contributed by atoms with Gasteiger partial charge in [-0.3, -0.25) is 0 Å². The van der Waals surface area contributed by atoms with Gasteiger partial charge in [-0.2, -0.15) is 0 Å². The van der Waals surface area contributed by atoms with Crippen molar-refractivity contribution < 1.29 is 0 Å². The van der Waals surface area contributed by atoms with Crippen LogP contribution in [0.5, 0.6) is 0 Å². The summed E-state index contributed by atoms with van der Waals surface area (Å²) in [6.45, 7) is 2.43. The summed E-state index contributed by atoms with van der Waals surface area (Å²) in [5.41, 5.74) is 1.37. The van der Waals surface area contributed by atoms with Crippen LogP contribution in [0.4, 0.5) is 0 Å².